The van der Waals surface area contributed by atoms with Gasteiger partial charge < -0.3 is 11.5 Å². The van der Waals surface area contributed by atoms with E-state index in [1.54, 1.807) is 11.3 Å². The number of nitrogens with two attached hydrogens (primary N) is 2. The lowest BCUT2D eigenvalue weighted by molar-refractivity contribution is 0.700. The fraction of sp³-hybridized carbons (Fsp3) is 0.385. The minimum absolute atomic E-state index is 0.476. The van der Waals surface area contributed by atoms with Crippen LogP contribution in [0.5, 0.6) is 0 Å². The molecular weight excluding hydrogens is 336 g/mol. The summed E-state index contributed by atoms with van der Waals surface area (Å²) in [6, 6.07) is 0. The summed E-state index contributed by atoms with van der Waals surface area (Å²) >= 11 is 4.67. The van der Waals surface area contributed by atoms with Crippen molar-refractivity contribution in [3.8, 4) is 0 Å². The van der Waals surface area contributed by atoms with Crippen molar-refractivity contribution < 1.29 is 0 Å². The van der Waals surface area contributed by atoms with E-state index in [9.17, 15) is 0 Å². The SMILES string of the molecule is Nc1nnc(SCc2nc(N)c3c4c(sc3n2)CCCC4)s1. The Labute approximate surface area is 139 Å². The summed E-state index contributed by atoms with van der Waals surface area (Å²) in [5.41, 5.74) is 13.2. The Bertz CT molecular complexity index is 840. The van der Waals surface area contributed by atoms with Gasteiger partial charge in [-0.3, -0.25) is 0 Å². The summed E-state index contributed by atoms with van der Waals surface area (Å²) < 4.78 is 0.824. The first kappa shape index (κ1) is 14.2. The van der Waals surface area contributed by atoms with Gasteiger partial charge in [0.25, 0.3) is 0 Å². The monoisotopic (exact) mass is 350 g/mol. The van der Waals surface area contributed by atoms with Crippen LogP contribution in [0.15, 0.2) is 4.34 Å². The molecular formula is C13H14N6S3. The summed E-state index contributed by atoms with van der Waals surface area (Å²) in [5.74, 6) is 1.97. The van der Waals surface area contributed by atoms with E-state index in [0.717, 1.165) is 33.2 Å². The van der Waals surface area contributed by atoms with Crippen molar-refractivity contribution >= 4 is 55.6 Å². The van der Waals surface area contributed by atoms with Gasteiger partial charge in [0.15, 0.2) is 4.34 Å². The van der Waals surface area contributed by atoms with Crippen LogP contribution >= 0.6 is 34.4 Å². The summed E-state index contributed by atoms with van der Waals surface area (Å²) in [7, 11) is 0. The van der Waals surface area contributed by atoms with Crippen LogP contribution in [0.4, 0.5) is 10.9 Å². The second kappa shape index (κ2) is 5.64. The minimum Gasteiger partial charge on any atom is -0.383 e. The predicted octanol–water partition coefficient (Wildman–Crippen LogP) is 2.88. The van der Waals surface area contributed by atoms with Crippen molar-refractivity contribution in [3.63, 3.8) is 0 Å². The van der Waals surface area contributed by atoms with E-state index in [0.29, 0.717) is 16.7 Å². The van der Waals surface area contributed by atoms with Crippen LogP contribution in [0.1, 0.15) is 29.1 Å². The quantitative estimate of drug-likeness (QED) is 0.700. The lowest BCUT2D eigenvalue weighted by Crippen LogP contribution is -2.02. The van der Waals surface area contributed by atoms with Gasteiger partial charge >= 0.3 is 0 Å². The Hall–Kier alpha value is -1.45. The highest BCUT2D eigenvalue weighted by Crippen LogP contribution is 2.38. The number of thiophene rings is 1. The zero-order chi connectivity index (χ0) is 15.1. The summed E-state index contributed by atoms with van der Waals surface area (Å²) in [6.07, 6.45) is 4.73. The van der Waals surface area contributed by atoms with Gasteiger partial charge in [-0.2, -0.15) is 0 Å². The second-order valence-electron chi connectivity index (χ2n) is 5.11. The molecule has 3 heterocycles. The van der Waals surface area contributed by atoms with Crippen LogP contribution in [0.2, 0.25) is 0 Å². The van der Waals surface area contributed by atoms with Gasteiger partial charge in [-0.15, -0.1) is 21.5 Å². The fourth-order valence-electron chi connectivity index (χ4n) is 2.70. The average Bonchev–Trinajstić information content (AvgIpc) is 3.08. The largest absolute Gasteiger partial charge is 0.383 e. The number of nitrogen functional groups attached to an aromatic ring is 2. The number of nitrogens with zero attached hydrogens (tertiary/aromatic N) is 4. The molecule has 4 N–H and O–H groups in total. The third-order valence-electron chi connectivity index (χ3n) is 3.64. The smallest absolute Gasteiger partial charge is 0.203 e. The Kier molecular flexibility index (Phi) is 3.63. The van der Waals surface area contributed by atoms with E-state index in [2.05, 4.69) is 15.2 Å². The van der Waals surface area contributed by atoms with Crippen LogP contribution in [-0.2, 0) is 18.6 Å². The molecule has 0 aromatic carbocycles. The van der Waals surface area contributed by atoms with Crippen molar-refractivity contribution in [2.45, 2.75) is 35.8 Å². The van der Waals surface area contributed by atoms with Crippen molar-refractivity contribution in [1.82, 2.24) is 20.2 Å². The Morgan fingerprint density at radius 2 is 1.91 bits per heavy atom. The van der Waals surface area contributed by atoms with Crippen LogP contribution in [0.3, 0.4) is 0 Å². The number of anilines is 2. The number of rotatable bonds is 3. The van der Waals surface area contributed by atoms with Gasteiger partial charge in [-0.05, 0) is 31.2 Å². The maximum atomic E-state index is 6.20. The van der Waals surface area contributed by atoms with Gasteiger partial charge in [0.05, 0.1) is 11.1 Å². The molecule has 0 saturated heterocycles. The maximum absolute atomic E-state index is 6.20. The molecule has 22 heavy (non-hydrogen) atoms. The van der Waals surface area contributed by atoms with Crippen LogP contribution in [-0.4, -0.2) is 20.2 Å². The molecule has 6 nitrogen and oxygen atoms in total. The summed E-state index contributed by atoms with van der Waals surface area (Å²) in [5, 5.41) is 9.35. The molecule has 0 fully saturated rings. The normalized spacial score (nSPS) is 14.4. The first-order valence-corrected chi connectivity index (χ1v) is 9.61. The van der Waals surface area contributed by atoms with Gasteiger partial charge in [0, 0.05) is 4.88 Å². The summed E-state index contributed by atoms with van der Waals surface area (Å²) in [6.45, 7) is 0. The van der Waals surface area contributed by atoms with Crippen molar-refractivity contribution in [2.24, 2.45) is 0 Å². The highest BCUT2D eigenvalue weighted by molar-refractivity contribution is 8.00. The maximum Gasteiger partial charge on any atom is 0.203 e. The number of fused-ring (bicyclic) bond motifs is 3. The van der Waals surface area contributed by atoms with E-state index >= 15 is 0 Å². The van der Waals surface area contributed by atoms with Crippen LogP contribution in [0.25, 0.3) is 10.2 Å². The third kappa shape index (κ3) is 2.53. The zero-order valence-electron chi connectivity index (χ0n) is 11.7. The number of aryl methyl sites for hydroxylation is 2. The lowest BCUT2D eigenvalue weighted by atomic mass is 9.97. The second-order valence-corrected chi connectivity index (χ2v) is 8.43. The molecule has 1 aliphatic carbocycles. The Balaban J connectivity index is 1.65. The molecule has 0 spiro atoms. The fourth-order valence-corrected chi connectivity index (χ4v) is 5.48. The van der Waals surface area contributed by atoms with Crippen molar-refractivity contribution in [2.75, 3.05) is 11.5 Å². The lowest BCUT2D eigenvalue weighted by Gasteiger charge is -2.10. The molecule has 0 unspecified atom stereocenters. The van der Waals surface area contributed by atoms with Crippen LogP contribution in [0, 0.1) is 0 Å². The predicted molar refractivity (Wildman–Crippen MR) is 92.4 cm³/mol. The van der Waals surface area contributed by atoms with Gasteiger partial charge in [-0.1, -0.05) is 23.1 Å². The van der Waals surface area contributed by atoms with E-state index in [4.69, 9.17) is 16.5 Å². The van der Waals surface area contributed by atoms with Gasteiger partial charge in [0.2, 0.25) is 5.13 Å². The van der Waals surface area contributed by atoms with Crippen molar-refractivity contribution in [3.05, 3.63) is 16.3 Å². The number of aromatic nitrogens is 4. The molecule has 1 aliphatic rings. The molecule has 3 aromatic rings. The van der Waals surface area contributed by atoms with E-state index in [-0.39, 0.29) is 0 Å². The molecule has 4 rings (SSSR count). The molecule has 0 aliphatic heterocycles. The van der Waals surface area contributed by atoms with Gasteiger partial charge in [0.1, 0.15) is 16.5 Å². The molecule has 9 heteroatoms. The summed E-state index contributed by atoms with van der Waals surface area (Å²) in [4.78, 5) is 11.6. The first-order valence-electron chi connectivity index (χ1n) is 6.99. The molecule has 0 radical (unpaired) electrons. The highest BCUT2D eigenvalue weighted by Gasteiger charge is 2.20. The number of hydrogen-bond donors (Lipinski definition) is 2. The van der Waals surface area contributed by atoms with E-state index < -0.39 is 0 Å². The molecule has 0 saturated carbocycles. The highest BCUT2D eigenvalue weighted by atomic mass is 32.2. The Morgan fingerprint density at radius 3 is 2.73 bits per heavy atom. The average molecular weight is 350 g/mol. The zero-order valence-corrected chi connectivity index (χ0v) is 14.2. The van der Waals surface area contributed by atoms with E-state index in [1.165, 1.54) is 46.4 Å². The Morgan fingerprint density at radius 1 is 1.05 bits per heavy atom. The molecule has 0 atom stereocenters. The third-order valence-corrected chi connectivity index (χ3v) is 6.70. The van der Waals surface area contributed by atoms with Gasteiger partial charge in [-0.25, -0.2) is 9.97 Å². The standard InChI is InChI=1S/C13H14N6S3/c14-10-9-6-3-1-2-4-7(6)21-11(9)17-8(16-10)5-20-13-19-18-12(15)22-13/h1-5H2,(H2,15,18)(H2,14,16,17). The van der Waals surface area contributed by atoms with Crippen LogP contribution < -0.4 is 11.5 Å². The van der Waals surface area contributed by atoms with Crippen molar-refractivity contribution in [1.29, 1.82) is 0 Å². The minimum atomic E-state index is 0.476. The molecule has 3 aromatic heterocycles. The van der Waals surface area contributed by atoms with E-state index in [1.807, 2.05) is 0 Å². The first-order chi connectivity index (χ1) is 10.7. The number of hydrogen-bond acceptors (Lipinski definition) is 9. The topological polar surface area (TPSA) is 104 Å². The number of thioether (sulfide) groups is 1. The molecule has 114 valence electrons. The molecule has 0 bridgehead atoms. The molecule has 0 amide bonds.